The third kappa shape index (κ3) is 1.11. The highest BCUT2D eigenvalue weighted by molar-refractivity contribution is 7.99. The van der Waals surface area contributed by atoms with Crippen molar-refractivity contribution in [3.8, 4) is 5.75 Å². The summed E-state index contributed by atoms with van der Waals surface area (Å²) in [7, 11) is 1.73. The molecule has 0 aliphatic carbocycles. The molecule has 2 rings (SSSR count). The first kappa shape index (κ1) is 7.04. The molecule has 1 aromatic carbocycles. The molecule has 0 saturated heterocycles. The highest BCUT2D eigenvalue weighted by Gasteiger charge is 2.14. The number of rotatable bonds is 1. The summed E-state index contributed by atoms with van der Waals surface area (Å²) >= 11 is 1.89. The second kappa shape index (κ2) is 2.78. The van der Waals surface area contributed by atoms with Gasteiger partial charge in [0, 0.05) is 5.75 Å². The quantitative estimate of drug-likeness (QED) is 0.633. The van der Waals surface area contributed by atoms with Gasteiger partial charge in [-0.1, -0.05) is 12.1 Å². The van der Waals surface area contributed by atoms with Crippen LogP contribution in [0.15, 0.2) is 23.1 Å². The Bertz CT molecular complexity index is 270. The molecule has 0 spiro atoms. The minimum atomic E-state index is 1.03. The van der Waals surface area contributed by atoms with Crippen molar-refractivity contribution in [1.82, 2.24) is 0 Å². The normalized spacial score (nSPS) is 14.6. The molecule has 0 unspecified atom stereocenters. The van der Waals surface area contributed by atoms with E-state index in [0.29, 0.717) is 0 Å². The van der Waals surface area contributed by atoms with Gasteiger partial charge >= 0.3 is 0 Å². The molecule has 0 saturated carbocycles. The smallest absolute Gasteiger partial charge is 0.132 e. The maximum absolute atomic E-state index is 5.24. The van der Waals surface area contributed by atoms with Gasteiger partial charge < -0.3 is 4.74 Å². The Morgan fingerprint density at radius 1 is 1.45 bits per heavy atom. The van der Waals surface area contributed by atoms with Gasteiger partial charge in [0.2, 0.25) is 0 Å². The van der Waals surface area contributed by atoms with Crippen LogP contribution in [0.1, 0.15) is 5.56 Å². The van der Waals surface area contributed by atoms with Gasteiger partial charge in [-0.25, -0.2) is 0 Å². The maximum atomic E-state index is 5.24. The molecule has 1 heterocycles. The summed E-state index contributed by atoms with van der Waals surface area (Å²) in [5, 5.41) is 0. The zero-order chi connectivity index (χ0) is 7.68. The van der Waals surface area contributed by atoms with Crippen LogP contribution in [0.5, 0.6) is 5.75 Å². The van der Waals surface area contributed by atoms with Crippen molar-refractivity contribution >= 4 is 11.8 Å². The van der Waals surface area contributed by atoms with E-state index in [9.17, 15) is 0 Å². The minimum absolute atomic E-state index is 1.03. The van der Waals surface area contributed by atoms with Gasteiger partial charge in [0.1, 0.15) is 5.75 Å². The SMILES string of the molecule is COc1cccc2c1SCC2. The average Bonchev–Trinajstić information content (AvgIpc) is 2.50. The Hall–Kier alpha value is -0.630. The second-order valence-electron chi connectivity index (χ2n) is 2.55. The van der Waals surface area contributed by atoms with Crippen molar-refractivity contribution in [2.45, 2.75) is 11.3 Å². The van der Waals surface area contributed by atoms with E-state index < -0.39 is 0 Å². The molecule has 0 amide bonds. The molecule has 0 fully saturated rings. The first-order chi connectivity index (χ1) is 5.42. The summed E-state index contributed by atoms with van der Waals surface area (Å²) in [6.07, 6.45) is 1.19. The molecule has 0 bridgehead atoms. The van der Waals surface area contributed by atoms with Crippen molar-refractivity contribution in [2.24, 2.45) is 0 Å². The van der Waals surface area contributed by atoms with E-state index in [1.165, 1.54) is 22.6 Å². The molecule has 0 radical (unpaired) electrons. The van der Waals surface area contributed by atoms with Crippen molar-refractivity contribution < 1.29 is 4.74 Å². The molecule has 11 heavy (non-hydrogen) atoms. The van der Waals surface area contributed by atoms with Crippen LogP contribution in [0.3, 0.4) is 0 Å². The van der Waals surface area contributed by atoms with Gasteiger partial charge in [-0.15, -0.1) is 11.8 Å². The van der Waals surface area contributed by atoms with Gasteiger partial charge in [-0.05, 0) is 18.1 Å². The highest BCUT2D eigenvalue weighted by Crippen LogP contribution is 2.38. The van der Waals surface area contributed by atoms with E-state index in [4.69, 9.17) is 4.74 Å². The first-order valence-corrected chi connectivity index (χ1v) is 4.69. The fourth-order valence-electron chi connectivity index (χ4n) is 1.35. The lowest BCUT2D eigenvalue weighted by Crippen LogP contribution is -1.86. The molecular formula is C9H10OS. The van der Waals surface area contributed by atoms with Crippen molar-refractivity contribution in [3.05, 3.63) is 23.8 Å². The van der Waals surface area contributed by atoms with Crippen molar-refractivity contribution in [1.29, 1.82) is 0 Å². The molecule has 1 aliphatic rings. The largest absolute Gasteiger partial charge is 0.496 e. The van der Waals surface area contributed by atoms with Crippen LogP contribution in [0.2, 0.25) is 0 Å². The molecule has 2 heteroatoms. The topological polar surface area (TPSA) is 9.23 Å². The Morgan fingerprint density at radius 3 is 3.18 bits per heavy atom. The summed E-state index contributed by atoms with van der Waals surface area (Å²) in [6, 6.07) is 6.26. The molecule has 1 aliphatic heterocycles. The number of thioether (sulfide) groups is 1. The molecule has 0 aromatic heterocycles. The van der Waals surface area contributed by atoms with E-state index in [2.05, 4.69) is 12.1 Å². The van der Waals surface area contributed by atoms with Crippen LogP contribution < -0.4 is 4.74 Å². The van der Waals surface area contributed by atoms with Gasteiger partial charge in [0.25, 0.3) is 0 Å². The molecule has 1 nitrogen and oxygen atoms in total. The summed E-state index contributed by atoms with van der Waals surface area (Å²) < 4.78 is 5.24. The number of hydrogen-bond donors (Lipinski definition) is 0. The average molecular weight is 166 g/mol. The summed E-state index contributed by atoms with van der Waals surface area (Å²) in [5.74, 6) is 2.24. The lowest BCUT2D eigenvalue weighted by molar-refractivity contribution is 0.404. The van der Waals surface area contributed by atoms with Gasteiger partial charge in [-0.3, -0.25) is 0 Å². The van der Waals surface area contributed by atoms with E-state index in [1.54, 1.807) is 7.11 Å². The van der Waals surface area contributed by atoms with Crippen LogP contribution in [0.25, 0.3) is 0 Å². The fraction of sp³-hybridized carbons (Fsp3) is 0.333. The summed E-state index contributed by atoms with van der Waals surface area (Å²) in [6.45, 7) is 0. The Balaban J connectivity index is 2.50. The fourth-order valence-corrected chi connectivity index (χ4v) is 2.52. The van der Waals surface area contributed by atoms with Crippen LogP contribution in [-0.2, 0) is 6.42 Å². The number of methoxy groups -OCH3 is 1. The lowest BCUT2D eigenvalue weighted by atomic mass is 10.2. The molecular weight excluding hydrogens is 156 g/mol. The second-order valence-corrected chi connectivity index (χ2v) is 3.65. The molecule has 0 N–H and O–H groups in total. The predicted molar refractivity (Wildman–Crippen MR) is 47.4 cm³/mol. The number of hydrogen-bond acceptors (Lipinski definition) is 2. The van der Waals surface area contributed by atoms with Gasteiger partial charge in [0.05, 0.1) is 12.0 Å². The Morgan fingerprint density at radius 2 is 2.36 bits per heavy atom. The highest BCUT2D eigenvalue weighted by atomic mass is 32.2. The third-order valence-electron chi connectivity index (χ3n) is 1.90. The van der Waals surface area contributed by atoms with Crippen LogP contribution in [-0.4, -0.2) is 12.9 Å². The van der Waals surface area contributed by atoms with E-state index in [0.717, 1.165) is 5.75 Å². The number of benzene rings is 1. The number of aryl methyl sites for hydroxylation is 1. The summed E-state index contributed by atoms with van der Waals surface area (Å²) in [4.78, 5) is 1.34. The monoisotopic (exact) mass is 166 g/mol. The number of ether oxygens (including phenoxy) is 1. The third-order valence-corrected chi connectivity index (χ3v) is 3.06. The Kier molecular flexibility index (Phi) is 1.78. The van der Waals surface area contributed by atoms with Crippen LogP contribution >= 0.6 is 11.8 Å². The van der Waals surface area contributed by atoms with Gasteiger partial charge in [-0.2, -0.15) is 0 Å². The first-order valence-electron chi connectivity index (χ1n) is 3.70. The zero-order valence-electron chi connectivity index (χ0n) is 6.46. The van der Waals surface area contributed by atoms with E-state index >= 15 is 0 Å². The minimum Gasteiger partial charge on any atom is -0.496 e. The predicted octanol–water partition coefficient (Wildman–Crippen LogP) is 2.34. The van der Waals surface area contributed by atoms with Crippen LogP contribution in [0.4, 0.5) is 0 Å². The molecule has 1 aromatic rings. The Labute approximate surface area is 70.8 Å². The van der Waals surface area contributed by atoms with Gasteiger partial charge in [0.15, 0.2) is 0 Å². The van der Waals surface area contributed by atoms with Crippen molar-refractivity contribution in [3.63, 3.8) is 0 Å². The molecule has 0 atom stereocenters. The lowest BCUT2D eigenvalue weighted by Gasteiger charge is -2.04. The van der Waals surface area contributed by atoms with Crippen molar-refractivity contribution in [2.75, 3.05) is 12.9 Å². The van der Waals surface area contributed by atoms with Crippen LogP contribution in [0, 0.1) is 0 Å². The molecule has 58 valence electrons. The van der Waals surface area contributed by atoms with E-state index in [-0.39, 0.29) is 0 Å². The number of fused-ring (bicyclic) bond motifs is 1. The maximum Gasteiger partial charge on any atom is 0.132 e. The standard InChI is InChI=1S/C9H10OS/c1-10-8-4-2-3-7-5-6-11-9(7)8/h2-4H,5-6H2,1H3. The van der Waals surface area contributed by atoms with E-state index in [1.807, 2.05) is 17.8 Å². The summed E-state index contributed by atoms with van der Waals surface area (Å²) in [5.41, 5.74) is 1.44. The zero-order valence-corrected chi connectivity index (χ0v) is 7.28.